The van der Waals surface area contributed by atoms with E-state index in [0.29, 0.717) is 12.2 Å². The van der Waals surface area contributed by atoms with Crippen LogP contribution >= 0.6 is 0 Å². The van der Waals surface area contributed by atoms with Gasteiger partial charge >= 0.3 is 5.69 Å². The van der Waals surface area contributed by atoms with Crippen LogP contribution in [0.3, 0.4) is 0 Å². The number of hydrogen-bond acceptors (Lipinski definition) is 4. The van der Waals surface area contributed by atoms with Gasteiger partial charge in [0.2, 0.25) is 0 Å². The van der Waals surface area contributed by atoms with Gasteiger partial charge in [-0.25, -0.2) is 0 Å². The van der Waals surface area contributed by atoms with E-state index in [0.717, 1.165) is 19.3 Å². The highest BCUT2D eigenvalue weighted by Gasteiger charge is 2.17. The van der Waals surface area contributed by atoms with E-state index >= 15 is 0 Å². The smallest absolute Gasteiger partial charge is 0.311 e. The molecule has 20 heavy (non-hydrogen) atoms. The molecule has 0 atom stereocenters. The molecule has 110 valence electrons. The SMILES string of the molecule is CCCCCCCOc1ccc(C(C)=O)cc1[N+](=O)[O-]. The number of ketones is 1. The van der Waals surface area contributed by atoms with Crippen LogP contribution in [0.15, 0.2) is 18.2 Å². The standard InChI is InChI=1S/C15H21NO4/c1-3-4-5-6-7-10-20-15-9-8-13(12(2)17)11-14(15)16(18)19/h8-9,11H,3-7,10H2,1-2H3. The lowest BCUT2D eigenvalue weighted by molar-refractivity contribution is -0.385. The van der Waals surface area contributed by atoms with E-state index < -0.39 is 4.92 Å². The predicted octanol–water partition coefficient (Wildman–Crippen LogP) is 4.15. The molecule has 0 fully saturated rings. The van der Waals surface area contributed by atoms with Crippen molar-refractivity contribution in [2.75, 3.05) is 6.61 Å². The Bertz CT molecular complexity index is 471. The van der Waals surface area contributed by atoms with Gasteiger partial charge in [-0.3, -0.25) is 14.9 Å². The molecule has 0 heterocycles. The highest BCUT2D eigenvalue weighted by molar-refractivity contribution is 5.95. The lowest BCUT2D eigenvalue weighted by atomic mass is 10.1. The highest BCUT2D eigenvalue weighted by Crippen LogP contribution is 2.28. The second-order valence-corrected chi connectivity index (χ2v) is 4.76. The van der Waals surface area contributed by atoms with Gasteiger partial charge in [-0.1, -0.05) is 32.6 Å². The molecule has 1 rings (SSSR count). The van der Waals surface area contributed by atoms with Crippen molar-refractivity contribution in [3.8, 4) is 5.75 Å². The van der Waals surface area contributed by atoms with E-state index in [1.807, 2.05) is 0 Å². The van der Waals surface area contributed by atoms with Gasteiger partial charge in [-0.15, -0.1) is 0 Å². The summed E-state index contributed by atoms with van der Waals surface area (Å²) >= 11 is 0. The fourth-order valence-corrected chi connectivity index (χ4v) is 1.89. The van der Waals surface area contributed by atoms with Gasteiger partial charge in [-0.05, 0) is 25.5 Å². The molecule has 1 aromatic carbocycles. The van der Waals surface area contributed by atoms with Crippen molar-refractivity contribution in [2.24, 2.45) is 0 Å². The third-order valence-corrected chi connectivity index (χ3v) is 3.07. The largest absolute Gasteiger partial charge is 0.487 e. The van der Waals surface area contributed by atoms with Gasteiger partial charge in [-0.2, -0.15) is 0 Å². The topological polar surface area (TPSA) is 69.4 Å². The van der Waals surface area contributed by atoms with Crippen LogP contribution in [0.4, 0.5) is 5.69 Å². The summed E-state index contributed by atoms with van der Waals surface area (Å²) in [5.41, 5.74) is 0.179. The molecule has 0 bridgehead atoms. The Morgan fingerprint density at radius 3 is 2.55 bits per heavy atom. The Kier molecular flexibility index (Phi) is 6.70. The number of ether oxygens (including phenoxy) is 1. The van der Waals surface area contributed by atoms with E-state index in [4.69, 9.17) is 4.74 Å². The van der Waals surface area contributed by atoms with Crippen molar-refractivity contribution in [2.45, 2.75) is 46.0 Å². The number of nitrogens with zero attached hydrogens (tertiary/aromatic N) is 1. The molecule has 0 radical (unpaired) electrons. The lowest BCUT2D eigenvalue weighted by Crippen LogP contribution is -2.02. The van der Waals surface area contributed by atoms with Crippen LogP contribution in [-0.4, -0.2) is 17.3 Å². The third-order valence-electron chi connectivity index (χ3n) is 3.07. The van der Waals surface area contributed by atoms with Gasteiger partial charge in [0.05, 0.1) is 11.5 Å². The number of unbranched alkanes of at least 4 members (excludes halogenated alkanes) is 4. The minimum Gasteiger partial charge on any atom is -0.487 e. The zero-order valence-electron chi connectivity index (χ0n) is 12.1. The summed E-state index contributed by atoms with van der Waals surface area (Å²) in [5, 5.41) is 11.0. The minimum atomic E-state index is -0.515. The zero-order valence-corrected chi connectivity index (χ0v) is 12.1. The maximum absolute atomic E-state index is 11.2. The Morgan fingerprint density at radius 1 is 1.25 bits per heavy atom. The minimum absolute atomic E-state index is 0.147. The summed E-state index contributed by atoms with van der Waals surface area (Å²) in [5.74, 6) is 0.0368. The Hall–Kier alpha value is -1.91. The van der Waals surface area contributed by atoms with Crippen molar-refractivity contribution < 1.29 is 14.5 Å². The van der Waals surface area contributed by atoms with Crippen LogP contribution in [0.25, 0.3) is 0 Å². The number of rotatable bonds is 9. The van der Waals surface area contributed by atoms with Crippen molar-refractivity contribution in [1.82, 2.24) is 0 Å². The number of carbonyl (C=O) groups excluding carboxylic acids is 1. The normalized spacial score (nSPS) is 10.3. The first-order chi connectivity index (χ1) is 9.56. The van der Waals surface area contributed by atoms with Gasteiger partial charge in [0.1, 0.15) is 0 Å². The monoisotopic (exact) mass is 279 g/mol. The second-order valence-electron chi connectivity index (χ2n) is 4.76. The van der Waals surface area contributed by atoms with E-state index in [1.54, 1.807) is 6.07 Å². The number of nitro groups is 1. The van der Waals surface area contributed by atoms with E-state index in [2.05, 4.69) is 6.92 Å². The van der Waals surface area contributed by atoms with Crippen LogP contribution in [-0.2, 0) is 0 Å². The molecule has 5 nitrogen and oxygen atoms in total. The average molecular weight is 279 g/mol. The summed E-state index contributed by atoms with van der Waals surface area (Å²) in [6.45, 7) is 3.99. The maximum Gasteiger partial charge on any atom is 0.311 e. The second kappa shape index (κ2) is 8.30. The molecule has 5 heteroatoms. The summed E-state index contributed by atoms with van der Waals surface area (Å²) in [7, 11) is 0. The first-order valence-electron chi connectivity index (χ1n) is 6.98. The fraction of sp³-hybridized carbons (Fsp3) is 0.533. The van der Waals surface area contributed by atoms with Crippen molar-refractivity contribution >= 4 is 11.5 Å². The molecule has 0 aromatic heterocycles. The molecule has 0 amide bonds. The number of Topliss-reactive ketones (excluding diaryl/α,β-unsaturated/α-hetero) is 1. The number of carbonyl (C=O) groups is 1. The Labute approximate surface area is 119 Å². The van der Waals surface area contributed by atoms with Crippen LogP contribution in [0.1, 0.15) is 56.3 Å². The van der Waals surface area contributed by atoms with Crippen LogP contribution in [0.5, 0.6) is 5.75 Å². The Morgan fingerprint density at radius 2 is 1.95 bits per heavy atom. The summed E-state index contributed by atoms with van der Waals surface area (Å²) in [6.07, 6.45) is 5.48. The van der Waals surface area contributed by atoms with Crippen LogP contribution in [0, 0.1) is 10.1 Å². The fourth-order valence-electron chi connectivity index (χ4n) is 1.89. The summed E-state index contributed by atoms with van der Waals surface area (Å²) < 4.78 is 5.46. The van der Waals surface area contributed by atoms with E-state index in [1.165, 1.54) is 31.9 Å². The lowest BCUT2D eigenvalue weighted by Gasteiger charge is -2.07. The molecule has 0 aliphatic carbocycles. The number of benzene rings is 1. The molecule has 0 saturated carbocycles. The van der Waals surface area contributed by atoms with Gasteiger partial charge < -0.3 is 4.74 Å². The number of nitro benzene ring substituents is 1. The number of hydrogen-bond donors (Lipinski definition) is 0. The summed E-state index contributed by atoms with van der Waals surface area (Å²) in [6, 6.07) is 4.33. The molecule has 0 unspecified atom stereocenters. The molecule has 0 aliphatic rings. The molecule has 0 N–H and O–H groups in total. The first-order valence-corrected chi connectivity index (χ1v) is 6.98. The Balaban J connectivity index is 2.60. The molecule has 0 aliphatic heterocycles. The molecule has 0 spiro atoms. The predicted molar refractivity (Wildman–Crippen MR) is 77.4 cm³/mol. The third kappa shape index (κ3) is 4.99. The molecule has 1 aromatic rings. The molecular weight excluding hydrogens is 258 g/mol. The first kappa shape index (κ1) is 16.1. The molecule has 0 saturated heterocycles. The van der Waals surface area contributed by atoms with Gasteiger partial charge in [0, 0.05) is 11.6 Å². The zero-order chi connectivity index (χ0) is 15.0. The van der Waals surface area contributed by atoms with E-state index in [9.17, 15) is 14.9 Å². The van der Waals surface area contributed by atoms with Gasteiger partial charge in [0.15, 0.2) is 11.5 Å². The highest BCUT2D eigenvalue weighted by atomic mass is 16.6. The van der Waals surface area contributed by atoms with Crippen LogP contribution in [0.2, 0.25) is 0 Å². The molecular formula is C15H21NO4. The van der Waals surface area contributed by atoms with Crippen molar-refractivity contribution in [3.05, 3.63) is 33.9 Å². The van der Waals surface area contributed by atoms with Crippen molar-refractivity contribution in [3.63, 3.8) is 0 Å². The van der Waals surface area contributed by atoms with Gasteiger partial charge in [0.25, 0.3) is 0 Å². The average Bonchev–Trinajstić information content (AvgIpc) is 2.42. The van der Waals surface area contributed by atoms with Crippen molar-refractivity contribution in [1.29, 1.82) is 0 Å². The summed E-state index contributed by atoms with van der Waals surface area (Å²) in [4.78, 5) is 21.7. The quantitative estimate of drug-likeness (QED) is 0.295. The van der Waals surface area contributed by atoms with Crippen LogP contribution < -0.4 is 4.74 Å². The van der Waals surface area contributed by atoms with E-state index in [-0.39, 0.29) is 17.2 Å². The maximum atomic E-state index is 11.2.